The van der Waals surface area contributed by atoms with Gasteiger partial charge in [-0.3, -0.25) is 14.6 Å². The molecule has 14 nitrogen and oxygen atoms in total. The number of nitrogens with zero attached hydrogens (tertiary/aromatic N) is 4. The highest BCUT2D eigenvalue weighted by Crippen LogP contribution is 2.54. The molecule has 4 aromatic rings. The Morgan fingerprint density at radius 1 is 0.790 bits per heavy atom. The first-order chi connectivity index (χ1) is 30.0. The van der Waals surface area contributed by atoms with E-state index in [-0.39, 0.29) is 47.8 Å². The van der Waals surface area contributed by atoms with Gasteiger partial charge in [-0.05, 0) is 114 Å². The Hall–Kier alpha value is -5.47. The zero-order valence-electron chi connectivity index (χ0n) is 35.4. The van der Waals surface area contributed by atoms with Crippen molar-refractivity contribution in [2.45, 2.75) is 95.0 Å². The summed E-state index contributed by atoms with van der Waals surface area (Å²) in [5.74, 6) is 1.19. The number of nitrogens with one attached hydrogen (secondary N) is 3. The molecule has 8 atom stereocenters. The SMILES string of the molecule is COC(=O)N[C@H](C(=O)N1[C@@H]2C[C@@H]2C[C@H]1C1=Nc2ccc(-c3ccc4cc(-c5nc([C@@H]6C[C@H]7C[C@H]7N6C(=O)[C@@H](NC(=O)OC)C6CCOCC6)[nH]c5Cl)ccc4c3)cc2C1)C(C)C. The maximum Gasteiger partial charge on any atom is 0.407 e. The zero-order valence-corrected chi connectivity index (χ0v) is 36.1. The molecule has 0 radical (unpaired) electrons. The molecule has 3 N–H and O–H groups in total. The smallest absolute Gasteiger partial charge is 0.407 e. The monoisotopic (exact) mass is 861 g/mol. The van der Waals surface area contributed by atoms with Crippen LogP contribution in [0.25, 0.3) is 33.2 Å². The standard InChI is InChI=1S/C47H52ClN7O7/c1-23(2)39(51-46(58)60-3)44(56)54-35-19-31(35)21-37(54)34-18-30-17-28(9-10-33(30)49-34)25-5-6-27-16-29(8-7-26(27)15-25)40-42(48)53-43(50-40)38-22-32-20-36(32)55(38)45(57)41(52-47(59)61-4)24-11-13-62-14-12-24/h5-10,15-17,23-24,31-32,35-39,41H,11-14,18-22H2,1-4H3,(H,50,53)(H,51,58)(H,52,59)/t31-,32-,35-,36-,37+,38+,39+,41+/m1/s1. The molecule has 4 aliphatic heterocycles. The predicted octanol–water partition coefficient (Wildman–Crippen LogP) is 7.36. The fourth-order valence-corrected chi connectivity index (χ4v) is 10.9. The highest BCUT2D eigenvalue weighted by Gasteiger charge is 2.58. The number of aromatic amines is 1. The van der Waals surface area contributed by atoms with Crippen LogP contribution in [0, 0.1) is 23.7 Å². The number of carbonyl (C=O) groups is 4. The Morgan fingerprint density at radius 3 is 2.10 bits per heavy atom. The van der Waals surface area contributed by atoms with Gasteiger partial charge in [0, 0.05) is 43.0 Å². The van der Waals surface area contributed by atoms with Gasteiger partial charge in [0.15, 0.2) is 0 Å². The molecule has 0 spiro atoms. The van der Waals surface area contributed by atoms with E-state index in [9.17, 15) is 19.2 Å². The predicted molar refractivity (Wildman–Crippen MR) is 233 cm³/mol. The number of amides is 4. The number of ether oxygens (including phenoxy) is 3. The van der Waals surface area contributed by atoms with Crippen molar-refractivity contribution in [1.29, 1.82) is 0 Å². The fourth-order valence-electron chi connectivity index (χ4n) is 10.6. The van der Waals surface area contributed by atoms with Crippen molar-refractivity contribution in [1.82, 2.24) is 30.4 Å². The average molecular weight is 862 g/mol. The second kappa shape index (κ2) is 16.0. The van der Waals surface area contributed by atoms with E-state index in [2.05, 4.69) is 64.1 Å². The number of hydrogen-bond donors (Lipinski definition) is 3. The molecule has 2 saturated carbocycles. The molecule has 2 aliphatic carbocycles. The van der Waals surface area contributed by atoms with Crippen molar-refractivity contribution in [3.63, 3.8) is 0 Å². The lowest BCUT2D eigenvalue weighted by Gasteiger charge is -2.35. The van der Waals surface area contributed by atoms with Crippen LogP contribution in [-0.4, -0.2) is 107 Å². The van der Waals surface area contributed by atoms with Crippen LogP contribution in [0.5, 0.6) is 0 Å². The van der Waals surface area contributed by atoms with E-state index in [1.807, 2.05) is 29.7 Å². The van der Waals surface area contributed by atoms with Crippen molar-refractivity contribution in [3.8, 4) is 22.4 Å². The molecule has 0 unspecified atom stereocenters. The largest absolute Gasteiger partial charge is 0.453 e. The van der Waals surface area contributed by atoms with Gasteiger partial charge in [0.25, 0.3) is 0 Å². The fraction of sp³-hybridized carbons (Fsp3) is 0.489. The van der Waals surface area contributed by atoms with Crippen LogP contribution in [0.1, 0.15) is 69.8 Å². The number of halogens is 1. The molecule has 4 amide bonds. The van der Waals surface area contributed by atoms with Crippen molar-refractivity contribution in [2.24, 2.45) is 28.7 Å². The number of aliphatic imine (C=N–C) groups is 1. The van der Waals surface area contributed by atoms with Gasteiger partial charge in [-0.2, -0.15) is 0 Å². The van der Waals surface area contributed by atoms with Gasteiger partial charge in [-0.1, -0.05) is 55.8 Å². The van der Waals surface area contributed by atoms with E-state index in [1.54, 1.807) is 0 Å². The third-order valence-corrected chi connectivity index (χ3v) is 14.4. The van der Waals surface area contributed by atoms with E-state index in [1.165, 1.54) is 14.2 Å². The molecule has 10 rings (SSSR count). The molecule has 324 valence electrons. The van der Waals surface area contributed by atoms with E-state index < -0.39 is 24.3 Å². The van der Waals surface area contributed by atoms with Gasteiger partial charge >= 0.3 is 12.2 Å². The summed E-state index contributed by atoms with van der Waals surface area (Å²) in [5, 5.41) is 8.14. The number of carbonyl (C=O) groups excluding carboxylic acids is 4. The van der Waals surface area contributed by atoms with Gasteiger partial charge in [-0.15, -0.1) is 0 Å². The number of methoxy groups -OCH3 is 2. The number of hydrogen-bond acceptors (Lipinski definition) is 9. The number of fused-ring (bicyclic) bond motifs is 4. The molecule has 5 fully saturated rings. The summed E-state index contributed by atoms with van der Waals surface area (Å²) < 4.78 is 15.3. The van der Waals surface area contributed by atoms with Gasteiger partial charge in [-0.25, -0.2) is 14.6 Å². The van der Waals surface area contributed by atoms with E-state index in [0.717, 1.165) is 70.1 Å². The van der Waals surface area contributed by atoms with Crippen LogP contribution < -0.4 is 10.6 Å². The van der Waals surface area contributed by atoms with Crippen LogP contribution in [0.3, 0.4) is 0 Å². The van der Waals surface area contributed by atoms with Crippen LogP contribution in [0.2, 0.25) is 5.15 Å². The number of benzene rings is 3. The molecule has 15 heteroatoms. The van der Waals surface area contributed by atoms with Gasteiger partial charge in [0.1, 0.15) is 28.8 Å². The van der Waals surface area contributed by atoms with Gasteiger partial charge in [0.2, 0.25) is 11.8 Å². The summed E-state index contributed by atoms with van der Waals surface area (Å²) in [6.07, 6.45) is 4.42. The number of likely N-dealkylation sites (tertiary alicyclic amines) is 2. The maximum atomic E-state index is 14.3. The summed E-state index contributed by atoms with van der Waals surface area (Å²) in [5.41, 5.74) is 6.74. The van der Waals surface area contributed by atoms with Crippen LogP contribution in [0.4, 0.5) is 15.3 Å². The number of H-pyrrole nitrogens is 1. The van der Waals surface area contributed by atoms with Gasteiger partial charge in [0.05, 0.1) is 32.0 Å². The van der Waals surface area contributed by atoms with Crippen molar-refractivity contribution in [2.75, 3.05) is 27.4 Å². The Labute approximate surface area is 365 Å². The highest BCUT2D eigenvalue weighted by atomic mass is 35.5. The molecule has 62 heavy (non-hydrogen) atoms. The lowest BCUT2D eigenvalue weighted by atomic mass is 9.90. The lowest BCUT2D eigenvalue weighted by molar-refractivity contribution is -0.138. The molecule has 0 bridgehead atoms. The highest BCUT2D eigenvalue weighted by molar-refractivity contribution is 6.32. The van der Waals surface area contributed by atoms with Crippen molar-refractivity contribution in [3.05, 3.63) is 71.1 Å². The zero-order chi connectivity index (χ0) is 43.0. The van der Waals surface area contributed by atoms with Crippen LogP contribution in [0.15, 0.2) is 59.6 Å². The Balaban J connectivity index is 0.847. The minimum atomic E-state index is -0.710. The van der Waals surface area contributed by atoms with Gasteiger partial charge < -0.3 is 39.6 Å². The van der Waals surface area contributed by atoms with E-state index >= 15 is 0 Å². The Kier molecular flexibility index (Phi) is 10.5. The maximum absolute atomic E-state index is 14.3. The van der Waals surface area contributed by atoms with Crippen molar-refractivity contribution < 1.29 is 33.4 Å². The molecule has 5 heterocycles. The molecule has 6 aliphatic rings. The molecule has 3 aromatic carbocycles. The Bertz CT molecular complexity index is 2500. The molecular weight excluding hydrogens is 810 g/mol. The minimum Gasteiger partial charge on any atom is -0.453 e. The average Bonchev–Trinajstić information content (AvgIpc) is 3.97. The quantitative estimate of drug-likeness (QED) is 0.149. The van der Waals surface area contributed by atoms with Crippen molar-refractivity contribution >= 4 is 57.8 Å². The summed E-state index contributed by atoms with van der Waals surface area (Å²) >= 11 is 6.88. The number of aromatic nitrogens is 2. The molecular formula is C47H52ClN7O7. The van der Waals surface area contributed by atoms with E-state index in [0.29, 0.717) is 61.0 Å². The lowest BCUT2D eigenvalue weighted by Crippen LogP contribution is -2.55. The Morgan fingerprint density at radius 2 is 1.40 bits per heavy atom. The number of piperidine rings is 2. The molecule has 3 saturated heterocycles. The van der Waals surface area contributed by atoms with Crippen LogP contribution >= 0.6 is 11.6 Å². The normalized spacial score (nSPS) is 25.7. The van der Waals surface area contributed by atoms with Crippen LogP contribution in [-0.2, 0) is 30.2 Å². The summed E-state index contributed by atoms with van der Waals surface area (Å²) in [6.45, 7) is 4.97. The van der Waals surface area contributed by atoms with E-state index in [4.69, 9.17) is 35.8 Å². The third-order valence-electron chi connectivity index (χ3n) is 14.1. The first-order valence-corrected chi connectivity index (χ1v) is 22.3. The summed E-state index contributed by atoms with van der Waals surface area (Å²) in [4.78, 5) is 70.1. The molecule has 1 aromatic heterocycles. The second-order valence-corrected chi connectivity index (χ2v) is 18.6. The summed E-state index contributed by atoms with van der Waals surface area (Å²) in [7, 11) is 2.62. The number of alkyl carbamates (subject to hydrolysis) is 2. The number of rotatable bonds is 10. The first-order valence-electron chi connectivity index (χ1n) is 21.9. The first kappa shape index (κ1) is 40.6. The number of imidazole rings is 1. The second-order valence-electron chi connectivity index (χ2n) is 18.2. The summed E-state index contributed by atoms with van der Waals surface area (Å²) in [6, 6.07) is 17.6. The topological polar surface area (TPSA) is 168 Å². The minimum absolute atomic E-state index is 0.0490. The third kappa shape index (κ3) is 7.38.